The van der Waals surface area contributed by atoms with Gasteiger partial charge in [-0.25, -0.2) is 0 Å². The fraction of sp³-hybridized carbons (Fsp3) is 0.615. The number of alkyl halides is 6. The molecule has 10 heteroatoms. The number of rotatable bonds is 6. The van der Waals surface area contributed by atoms with Crippen molar-refractivity contribution in [1.82, 2.24) is 0 Å². The van der Waals surface area contributed by atoms with Crippen molar-refractivity contribution in [3.05, 3.63) is 55.5 Å². The van der Waals surface area contributed by atoms with Crippen LogP contribution in [0.5, 0.6) is 0 Å². The van der Waals surface area contributed by atoms with Crippen LogP contribution in [0.2, 0.25) is 0 Å². The molecule has 10 atom stereocenters. The molecular formula is C26H24Cl10. The van der Waals surface area contributed by atoms with E-state index in [1.54, 1.807) is 0 Å². The average molecular weight is 691 g/mol. The van der Waals surface area contributed by atoms with Gasteiger partial charge in [0.15, 0.2) is 0 Å². The smallest absolute Gasteiger partial charge is 0.0999 e. The minimum atomic E-state index is -0.940. The molecule has 10 unspecified atom stereocenters. The van der Waals surface area contributed by atoms with Crippen molar-refractivity contribution < 1.29 is 0 Å². The molecule has 0 aromatic heterocycles. The summed E-state index contributed by atoms with van der Waals surface area (Å²) in [4.78, 5) is -3.64. The molecule has 2 saturated carbocycles. The van der Waals surface area contributed by atoms with Crippen molar-refractivity contribution in [3.63, 3.8) is 0 Å². The van der Waals surface area contributed by atoms with Crippen LogP contribution in [0.4, 0.5) is 0 Å². The Morgan fingerprint density at radius 3 is 1.14 bits per heavy atom. The maximum absolute atomic E-state index is 7.10. The highest BCUT2D eigenvalue weighted by atomic mass is 35.5. The van der Waals surface area contributed by atoms with E-state index in [0.29, 0.717) is 33.0 Å². The van der Waals surface area contributed by atoms with Crippen molar-refractivity contribution in [2.75, 3.05) is 0 Å². The van der Waals surface area contributed by atoms with E-state index in [1.165, 1.54) is 0 Å². The van der Waals surface area contributed by atoms with Gasteiger partial charge in [-0.15, -0.1) is 69.6 Å². The summed E-state index contributed by atoms with van der Waals surface area (Å²) in [5.74, 6) is -0.249. The van der Waals surface area contributed by atoms with Gasteiger partial charge >= 0.3 is 0 Å². The summed E-state index contributed by atoms with van der Waals surface area (Å²) in [6.07, 6.45) is 2.47. The predicted octanol–water partition coefficient (Wildman–Crippen LogP) is 11.2. The first-order valence-corrected chi connectivity index (χ1v) is 15.9. The lowest BCUT2D eigenvalue weighted by Crippen LogP contribution is -2.41. The molecule has 4 aliphatic carbocycles. The van der Waals surface area contributed by atoms with Crippen molar-refractivity contribution in [2.45, 2.75) is 81.6 Å². The maximum Gasteiger partial charge on any atom is 0.0999 e. The number of allylic oxidation sites excluding steroid dienone is 4. The fourth-order valence-electron chi connectivity index (χ4n) is 7.22. The fourth-order valence-corrected chi connectivity index (χ4v) is 12.4. The Morgan fingerprint density at radius 1 is 0.611 bits per heavy atom. The Bertz CT molecular complexity index is 1060. The highest BCUT2D eigenvalue weighted by molar-refractivity contribution is 6.54. The predicted molar refractivity (Wildman–Crippen MR) is 160 cm³/mol. The molecule has 5 rings (SSSR count). The third kappa shape index (κ3) is 3.68. The zero-order valence-corrected chi connectivity index (χ0v) is 26.9. The van der Waals surface area contributed by atoms with E-state index < -0.39 is 30.3 Å². The number of benzene rings is 1. The molecule has 0 saturated heterocycles. The van der Waals surface area contributed by atoms with Crippen LogP contribution in [0.15, 0.2) is 44.4 Å². The molecule has 0 aliphatic heterocycles. The lowest BCUT2D eigenvalue weighted by atomic mass is 9.73. The van der Waals surface area contributed by atoms with E-state index >= 15 is 0 Å². The molecular weight excluding hydrogens is 667 g/mol. The van der Waals surface area contributed by atoms with Crippen LogP contribution >= 0.6 is 116 Å². The van der Waals surface area contributed by atoms with Gasteiger partial charge in [0, 0.05) is 11.8 Å². The highest BCUT2D eigenvalue weighted by Crippen LogP contribution is 2.71. The van der Waals surface area contributed by atoms with Gasteiger partial charge in [0.2, 0.25) is 0 Å². The van der Waals surface area contributed by atoms with Gasteiger partial charge in [-0.1, -0.05) is 84.5 Å². The van der Waals surface area contributed by atoms with E-state index in [9.17, 15) is 0 Å². The summed E-state index contributed by atoms with van der Waals surface area (Å²) < 4.78 is 0. The summed E-state index contributed by atoms with van der Waals surface area (Å²) in [6.45, 7) is 4.23. The quantitative estimate of drug-likeness (QED) is 0.261. The van der Waals surface area contributed by atoms with Crippen molar-refractivity contribution >= 4 is 116 Å². The molecule has 1 aromatic carbocycles. The second-order valence-corrected chi connectivity index (χ2v) is 15.8. The van der Waals surface area contributed by atoms with E-state index in [2.05, 4.69) is 38.1 Å². The molecule has 0 nitrogen and oxygen atoms in total. The van der Waals surface area contributed by atoms with Gasteiger partial charge < -0.3 is 0 Å². The molecule has 0 N–H and O–H groups in total. The molecule has 36 heavy (non-hydrogen) atoms. The lowest BCUT2D eigenvalue weighted by Gasteiger charge is -2.40. The first-order valence-electron chi connectivity index (χ1n) is 12.0. The Morgan fingerprint density at radius 2 is 0.889 bits per heavy atom. The molecule has 198 valence electrons. The summed E-state index contributed by atoms with van der Waals surface area (Å²) in [7, 11) is 0. The molecule has 4 bridgehead atoms. The topological polar surface area (TPSA) is 0 Å². The standard InChI is InChI=1S/C26H24Cl10/c1-3-13(15-17(27)25(35)9-23(15,33)19(29)21(25)31)11-5-7-12(8-6-11)14(4-2)16-18(28)26(36)10-24(16,34)20(30)22(26)32/h5-8,13-18H,3-4,9-10H2,1-2H3. The lowest BCUT2D eigenvalue weighted by molar-refractivity contribution is 0.372. The summed E-state index contributed by atoms with van der Waals surface area (Å²) in [6, 6.07) is 8.50. The zero-order chi connectivity index (χ0) is 26.6. The van der Waals surface area contributed by atoms with Gasteiger partial charge in [-0.05, 0) is 48.6 Å². The van der Waals surface area contributed by atoms with Crippen molar-refractivity contribution in [2.24, 2.45) is 11.8 Å². The Kier molecular flexibility index (Phi) is 7.74. The van der Waals surface area contributed by atoms with E-state index in [1.807, 2.05) is 0 Å². The average Bonchev–Trinajstić information content (AvgIpc) is 3.34. The summed E-state index contributed by atoms with van der Waals surface area (Å²) in [5, 5.41) is 0.684. The third-order valence-electron chi connectivity index (χ3n) is 8.97. The molecule has 0 radical (unpaired) electrons. The number of halogens is 10. The molecule has 4 aliphatic rings. The van der Waals surface area contributed by atoms with Crippen LogP contribution in [-0.4, -0.2) is 30.3 Å². The molecule has 0 spiro atoms. The minimum absolute atomic E-state index is 0.0446. The first kappa shape index (κ1) is 29.1. The summed E-state index contributed by atoms with van der Waals surface area (Å²) in [5.41, 5.74) is 2.23. The van der Waals surface area contributed by atoms with Crippen molar-refractivity contribution in [3.8, 4) is 0 Å². The largest absolute Gasteiger partial charge is 0.120 e. The van der Waals surface area contributed by atoms with Gasteiger partial charge in [-0.2, -0.15) is 0 Å². The second-order valence-electron chi connectivity index (χ2n) is 10.6. The minimum Gasteiger partial charge on any atom is -0.120 e. The van der Waals surface area contributed by atoms with Crippen LogP contribution in [0.1, 0.15) is 62.5 Å². The Balaban J connectivity index is 1.46. The second kappa shape index (κ2) is 9.58. The van der Waals surface area contributed by atoms with E-state index in [4.69, 9.17) is 116 Å². The Hall–Kier alpha value is 1.60. The monoisotopic (exact) mass is 686 g/mol. The Labute approximate surface area is 262 Å². The summed E-state index contributed by atoms with van der Waals surface area (Å²) >= 11 is 67.9. The van der Waals surface area contributed by atoms with Gasteiger partial charge in [0.25, 0.3) is 0 Å². The normalized spacial score (nSPS) is 45.2. The van der Waals surface area contributed by atoms with Crippen molar-refractivity contribution in [1.29, 1.82) is 0 Å². The van der Waals surface area contributed by atoms with Crippen LogP contribution in [0, 0.1) is 11.8 Å². The number of hydrogen-bond acceptors (Lipinski definition) is 0. The van der Waals surface area contributed by atoms with Gasteiger partial charge in [-0.3, -0.25) is 0 Å². The van der Waals surface area contributed by atoms with E-state index in [-0.39, 0.29) is 23.7 Å². The molecule has 2 fully saturated rings. The molecule has 0 heterocycles. The number of hydrogen-bond donors (Lipinski definition) is 0. The van der Waals surface area contributed by atoms with Crippen LogP contribution in [0.25, 0.3) is 0 Å². The molecule has 0 amide bonds. The number of fused-ring (bicyclic) bond motifs is 4. The third-order valence-corrected chi connectivity index (χ3v) is 15.4. The van der Waals surface area contributed by atoms with Crippen LogP contribution in [-0.2, 0) is 0 Å². The van der Waals surface area contributed by atoms with E-state index in [0.717, 1.165) is 24.0 Å². The zero-order valence-electron chi connectivity index (χ0n) is 19.4. The van der Waals surface area contributed by atoms with Gasteiger partial charge in [0.05, 0.1) is 50.4 Å². The maximum atomic E-state index is 7.10. The first-order chi connectivity index (χ1) is 16.7. The molecule has 1 aromatic rings. The van der Waals surface area contributed by atoms with Crippen LogP contribution < -0.4 is 0 Å². The van der Waals surface area contributed by atoms with Crippen LogP contribution in [0.3, 0.4) is 0 Å². The van der Waals surface area contributed by atoms with Gasteiger partial charge in [0.1, 0.15) is 0 Å². The SMILES string of the molecule is CCC(c1ccc(C(CC)C2C(Cl)C3(Cl)CC2(Cl)C(Cl)=C3Cl)cc1)C1C(Cl)C2(Cl)CC1(Cl)C(Cl)=C2Cl. The highest BCUT2D eigenvalue weighted by Gasteiger charge is 2.70.